The number of ether oxygens (including phenoxy) is 3. The molecule has 0 aliphatic heterocycles. The van der Waals surface area contributed by atoms with E-state index in [2.05, 4.69) is 0 Å². The third kappa shape index (κ3) is 2.61. The normalized spacial score (nSPS) is 10.7. The molecule has 0 aliphatic rings. The van der Waals surface area contributed by atoms with Crippen LogP contribution in [0.1, 0.15) is 0 Å². The minimum absolute atomic E-state index is 0.00810. The number of methoxy groups -OCH3 is 3. The van der Waals surface area contributed by atoms with Crippen LogP contribution in [0.3, 0.4) is 0 Å². The van der Waals surface area contributed by atoms with Gasteiger partial charge in [-0.3, -0.25) is 4.79 Å². The predicted octanol–water partition coefficient (Wildman–Crippen LogP) is 2.60. The van der Waals surface area contributed by atoms with Crippen molar-refractivity contribution in [2.75, 3.05) is 21.3 Å². The Kier molecular flexibility index (Phi) is 4.25. The highest BCUT2D eigenvalue weighted by Gasteiger charge is 2.20. The van der Waals surface area contributed by atoms with Crippen LogP contribution in [0.2, 0.25) is 0 Å². The molecular weight excluding hydrogens is 344 g/mol. The Balaban J connectivity index is 2.34. The molecule has 0 bridgehead atoms. The van der Waals surface area contributed by atoms with E-state index < -0.39 is 16.9 Å². The van der Waals surface area contributed by atoms with Gasteiger partial charge < -0.3 is 33.9 Å². The fourth-order valence-corrected chi connectivity index (χ4v) is 2.63. The molecule has 26 heavy (non-hydrogen) atoms. The highest BCUT2D eigenvalue weighted by molar-refractivity contribution is 5.89. The maximum atomic E-state index is 12.5. The first-order chi connectivity index (χ1) is 12.4. The Bertz CT molecular complexity index is 1050. The van der Waals surface area contributed by atoms with E-state index in [-0.39, 0.29) is 39.7 Å². The van der Waals surface area contributed by atoms with Crippen LogP contribution < -0.4 is 19.6 Å². The quantitative estimate of drug-likeness (QED) is 0.608. The van der Waals surface area contributed by atoms with Crippen molar-refractivity contribution in [3.63, 3.8) is 0 Å². The van der Waals surface area contributed by atoms with Gasteiger partial charge in [-0.2, -0.15) is 0 Å². The predicted molar refractivity (Wildman–Crippen MR) is 92.6 cm³/mol. The van der Waals surface area contributed by atoms with Gasteiger partial charge in [-0.25, -0.2) is 0 Å². The van der Waals surface area contributed by atoms with Gasteiger partial charge >= 0.3 is 0 Å². The molecule has 0 radical (unpaired) electrons. The van der Waals surface area contributed by atoms with Crippen LogP contribution >= 0.6 is 0 Å². The van der Waals surface area contributed by atoms with Gasteiger partial charge in [0.05, 0.1) is 26.9 Å². The van der Waals surface area contributed by atoms with E-state index in [1.54, 1.807) is 0 Å². The Morgan fingerprint density at radius 3 is 2.08 bits per heavy atom. The fraction of sp³-hybridized carbons (Fsp3) is 0.167. The van der Waals surface area contributed by atoms with Crippen molar-refractivity contribution in [2.45, 2.75) is 0 Å². The molecule has 0 spiro atoms. The van der Waals surface area contributed by atoms with Gasteiger partial charge in [-0.05, 0) is 6.07 Å². The fourth-order valence-electron chi connectivity index (χ4n) is 2.63. The Hall–Kier alpha value is -3.55. The zero-order valence-corrected chi connectivity index (χ0v) is 14.2. The summed E-state index contributed by atoms with van der Waals surface area (Å²) >= 11 is 0. The van der Waals surface area contributed by atoms with Crippen LogP contribution in [0.5, 0.6) is 34.5 Å². The summed E-state index contributed by atoms with van der Waals surface area (Å²) in [7, 11) is 4.08. The molecule has 3 rings (SSSR count). The lowest BCUT2D eigenvalue weighted by atomic mass is 10.1. The van der Waals surface area contributed by atoms with Gasteiger partial charge in [-0.1, -0.05) is 0 Å². The molecule has 0 saturated heterocycles. The SMILES string of the molecule is COc1cc(-c2cc(=O)c3c(O)c(O)c(OC)cc3o2)c(OC)cc1O. The summed E-state index contributed by atoms with van der Waals surface area (Å²) in [5, 5.41) is 29.6. The molecule has 136 valence electrons. The van der Waals surface area contributed by atoms with Crippen molar-refractivity contribution in [2.24, 2.45) is 0 Å². The molecule has 0 amide bonds. The van der Waals surface area contributed by atoms with Gasteiger partial charge in [0.1, 0.15) is 22.5 Å². The van der Waals surface area contributed by atoms with E-state index in [9.17, 15) is 20.1 Å². The molecule has 0 atom stereocenters. The van der Waals surface area contributed by atoms with E-state index in [0.717, 1.165) is 6.07 Å². The standard InChI is InChI=1S/C18H16O8/c1-23-11-5-9(19)13(24-2)4-8(11)12-6-10(20)16-14(26-12)7-15(25-3)17(21)18(16)22/h4-7,19,21-22H,1-3H3. The van der Waals surface area contributed by atoms with Crippen molar-refractivity contribution in [1.29, 1.82) is 0 Å². The minimum atomic E-state index is -0.630. The second-order valence-electron chi connectivity index (χ2n) is 5.35. The maximum absolute atomic E-state index is 12.5. The lowest BCUT2D eigenvalue weighted by Gasteiger charge is -2.13. The number of phenols is 3. The van der Waals surface area contributed by atoms with Gasteiger partial charge in [0.25, 0.3) is 0 Å². The van der Waals surface area contributed by atoms with Crippen LogP contribution in [-0.4, -0.2) is 36.6 Å². The second kappa shape index (κ2) is 6.40. The number of aromatic hydroxyl groups is 3. The van der Waals surface area contributed by atoms with Crippen LogP contribution in [-0.2, 0) is 0 Å². The summed E-state index contributed by atoms with van der Waals surface area (Å²) in [5.74, 6) is -0.843. The first-order valence-corrected chi connectivity index (χ1v) is 7.43. The zero-order valence-electron chi connectivity index (χ0n) is 14.2. The number of phenolic OH excluding ortho intramolecular Hbond substituents is 3. The summed E-state index contributed by atoms with van der Waals surface area (Å²) in [6.07, 6.45) is 0. The molecule has 1 heterocycles. The lowest BCUT2D eigenvalue weighted by Crippen LogP contribution is -2.02. The van der Waals surface area contributed by atoms with Crippen molar-refractivity contribution < 1.29 is 33.9 Å². The van der Waals surface area contributed by atoms with Crippen molar-refractivity contribution in [3.05, 3.63) is 34.5 Å². The summed E-state index contributed by atoms with van der Waals surface area (Å²) in [6, 6.07) is 5.21. The van der Waals surface area contributed by atoms with Crippen molar-refractivity contribution >= 4 is 11.0 Å². The molecule has 3 N–H and O–H groups in total. The molecule has 0 fully saturated rings. The summed E-state index contributed by atoms with van der Waals surface area (Å²) in [5.41, 5.74) is -0.216. The van der Waals surface area contributed by atoms with Crippen LogP contribution in [0.15, 0.2) is 33.5 Å². The van der Waals surface area contributed by atoms with Gasteiger partial charge in [0.2, 0.25) is 5.75 Å². The maximum Gasteiger partial charge on any atom is 0.201 e. The Morgan fingerprint density at radius 2 is 1.46 bits per heavy atom. The molecular formula is C18H16O8. The van der Waals surface area contributed by atoms with Gasteiger partial charge in [-0.15, -0.1) is 0 Å². The number of fused-ring (bicyclic) bond motifs is 1. The molecule has 0 unspecified atom stereocenters. The van der Waals surface area contributed by atoms with E-state index in [1.165, 1.54) is 39.5 Å². The van der Waals surface area contributed by atoms with E-state index in [1.807, 2.05) is 0 Å². The topological polar surface area (TPSA) is 119 Å². The second-order valence-corrected chi connectivity index (χ2v) is 5.35. The van der Waals surface area contributed by atoms with Crippen LogP contribution in [0.4, 0.5) is 0 Å². The molecule has 8 nitrogen and oxygen atoms in total. The summed E-state index contributed by atoms with van der Waals surface area (Å²) < 4.78 is 21.0. The highest BCUT2D eigenvalue weighted by Crippen LogP contribution is 2.43. The summed E-state index contributed by atoms with van der Waals surface area (Å²) in [6.45, 7) is 0. The molecule has 0 saturated carbocycles. The first kappa shape index (κ1) is 17.3. The monoisotopic (exact) mass is 360 g/mol. The average Bonchev–Trinajstić information content (AvgIpc) is 2.63. The summed E-state index contributed by atoms with van der Waals surface area (Å²) in [4.78, 5) is 12.5. The first-order valence-electron chi connectivity index (χ1n) is 7.43. The number of hydrogen-bond acceptors (Lipinski definition) is 8. The van der Waals surface area contributed by atoms with Gasteiger partial charge in [0.15, 0.2) is 28.4 Å². The lowest BCUT2D eigenvalue weighted by molar-refractivity contribution is 0.352. The van der Waals surface area contributed by atoms with E-state index in [0.29, 0.717) is 5.56 Å². The largest absolute Gasteiger partial charge is 0.504 e. The van der Waals surface area contributed by atoms with Crippen molar-refractivity contribution in [1.82, 2.24) is 0 Å². The molecule has 1 aromatic heterocycles. The molecule has 8 heteroatoms. The van der Waals surface area contributed by atoms with Crippen LogP contribution in [0.25, 0.3) is 22.3 Å². The Labute approximate surface area is 147 Å². The number of benzene rings is 2. The smallest absolute Gasteiger partial charge is 0.201 e. The van der Waals surface area contributed by atoms with Crippen molar-refractivity contribution in [3.8, 4) is 45.8 Å². The molecule has 3 aromatic rings. The zero-order chi connectivity index (χ0) is 19.0. The minimum Gasteiger partial charge on any atom is -0.504 e. The Morgan fingerprint density at radius 1 is 0.808 bits per heavy atom. The third-order valence-corrected chi connectivity index (χ3v) is 3.92. The molecule has 2 aromatic carbocycles. The van der Waals surface area contributed by atoms with Gasteiger partial charge in [0, 0.05) is 18.2 Å². The number of hydrogen-bond donors (Lipinski definition) is 3. The highest BCUT2D eigenvalue weighted by atomic mass is 16.5. The van der Waals surface area contributed by atoms with Crippen LogP contribution in [0, 0.1) is 0 Å². The number of rotatable bonds is 4. The molecule has 0 aliphatic carbocycles. The third-order valence-electron chi connectivity index (χ3n) is 3.92. The van der Waals surface area contributed by atoms with E-state index in [4.69, 9.17) is 18.6 Å². The average molecular weight is 360 g/mol. The van der Waals surface area contributed by atoms with E-state index >= 15 is 0 Å².